The number of carbonyl (C=O) groups is 1. The molecule has 1 fully saturated rings. The molecular weight excluding hydrogens is 358 g/mol. The molecule has 0 unspecified atom stereocenters. The molecule has 0 N–H and O–H groups in total. The van der Waals surface area contributed by atoms with E-state index in [4.69, 9.17) is 0 Å². The Hall–Kier alpha value is -3.55. The Morgan fingerprint density at radius 2 is 1.93 bits per heavy atom. The van der Waals surface area contributed by atoms with Gasteiger partial charge in [0, 0.05) is 61.4 Å². The van der Waals surface area contributed by atoms with Crippen molar-refractivity contribution in [3.8, 4) is 0 Å². The summed E-state index contributed by atoms with van der Waals surface area (Å²) >= 11 is 0. The van der Waals surface area contributed by atoms with Gasteiger partial charge in [-0.05, 0) is 25.1 Å². The second-order valence-electron chi connectivity index (χ2n) is 6.73. The van der Waals surface area contributed by atoms with Crippen LogP contribution in [0.4, 0.5) is 11.4 Å². The van der Waals surface area contributed by atoms with E-state index in [2.05, 4.69) is 14.9 Å². The van der Waals surface area contributed by atoms with Gasteiger partial charge in [-0.2, -0.15) is 0 Å². The van der Waals surface area contributed by atoms with Crippen LogP contribution in [-0.2, 0) is 0 Å². The van der Waals surface area contributed by atoms with Gasteiger partial charge in [-0.1, -0.05) is 12.1 Å². The Labute approximate surface area is 161 Å². The highest BCUT2D eigenvalue weighted by atomic mass is 16.6. The molecule has 1 saturated heterocycles. The van der Waals surface area contributed by atoms with Crippen molar-refractivity contribution in [2.75, 3.05) is 31.1 Å². The van der Waals surface area contributed by atoms with E-state index < -0.39 is 4.92 Å². The number of piperazine rings is 1. The van der Waals surface area contributed by atoms with Crippen LogP contribution in [-0.4, -0.2) is 51.9 Å². The first-order valence-electron chi connectivity index (χ1n) is 9.03. The molecule has 1 aliphatic heterocycles. The zero-order valence-electron chi connectivity index (χ0n) is 15.4. The molecular formula is C20H19N5O3. The highest BCUT2D eigenvalue weighted by Crippen LogP contribution is 2.32. The highest BCUT2D eigenvalue weighted by molar-refractivity contribution is 5.97. The lowest BCUT2D eigenvalue weighted by Gasteiger charge is -2.36. The number of anilines is 1. The normalized spacial score (nSPS) is 14.3. The van der Waals surface area contributed by atoms with Crippen molar-refractivity contribution in [1.82, 2.24) is 14.9 Å². The molecule has 1 amide bonds. The molecule has 4 rings (SSSR count). The Bertz CT molecular complexity index is 1050. The van der Waals surface area contributed by atoms with E-state index in [-0.39, 0.29) is 11.6 Å². The topological polar surface area (TPSA) is 92.5 Å². The van der Waals surface area contributed by atoms with Gasteiger partial charge in [0.25, 0.3) is 11.6 Å². The predicted octanol–water partition coefficient (Wildman–Crippen LogP) is 2.81. The van der Waals surface area contributed by atoms with Gasteiger partial charge in [0.1, 0.15) is 0 Å². The average Bonchev–Trinajstić information content (AvgIpc) is 2.73. The number of fused-ring (bicyclic) bond motifs is 1. The molecule has 0 atom stereocenters. The van der Waals surface area contributed by atoms with Crippen LogP contribution in [0.25, 0.3) is 10.9 Å². The second-order valence-corrected chi connectivity index (χ2v) is 6.73. The molecule has 0 aliphatic carbocycles. The zero-order valence-corrected chi connectivity index (χ0v) is 15.4. The van der Waals surface area contributed by atoms with Gasteiger partial charge in [0.05, 0.1) is 10.5 Å². The maximum Gasteiger partial charge on any atom is 0.295 e. The summed E-state index contributed by atoms with van der Waals surface area (Å²) in [4.78, 5) is 36.0. The van der Waals surface area contributed by atoms with Crippen molar-refractivity contribution in [3.05, 3.63) is 70.2 Å². The molecule has 0 saturated carbocycles. The number of aryl methyl sites for hydroxylation is 1. The largest absolute Gasteiger partial charge is 0.367 e. The van der Waals surface area contributed by atoms with Crippen molar-refractivity contribution in [2.45, 2.75) is 6.92 Å². The number of non-ortho nitro benzene ring substituents is 1. The molecule has 0 bridgehead atoms. The lowest BCUT2D eigenvalue weighted by atomic mass is 10.1. The van der Waals surface area contributed by atoms with E-state index in [0.29, 0.717) is 37.3 Å². The quantitative estimate of drug-likeness (QED) is 0.515. The minimum Gasteiger partial charge on any atom is -0.367 e. The molecule has 2 aromatic heterocycles. The minimum atomic E-state index is -0.400. The lowest BCUT2D eigenvalue weighted by Crippen LogP contribution is -2.48. The van der Waals surface area contributed by atoms with E-state index in [1.165, 1.54) is 6.07 Å². The molecule has 3 heterocycles. The van der Waals surface area contributed by atoms with Crippen LogP contribution in [0, 0.1) is 17.0 Å². The van der Waals surface area contributed by atoms with Crippen molar-refractivity contribution in [1.29, 1.82) is 0 Å². The van der Waals surface area contributed by atoms with E-state index in [1.807, 2.05) is 24.0 Å². The number of carbonyl (C=O) groups excluding carboxylic acids is 1. The van der Waals surface area contributed by atoms with Crippen LogP contribution in [0.5, 0.6) is 0 Å². The molecule has 0 radical (unpaired) electrons. The summed E-state index contributed by atoms with van der Waals surface area (Å²) in [5.41, 5.74) is 2.63. The summed E-state index contributed by atoms with van der Waals surface area (Å²) in [6, 6.07) is 10.5. The average molecular weight is 377 g/mol. The molecule has 8 nitrogen and oxygen atoms in total. The molecule has 142 valence electrons. The number of nitrogens with zero attached hydrogens (tertiary/aromatic N) is 5. The number of pyridine rings is 2. The molecule has 28 heavy (non-hydrogen) atoms. The first-order valence-corrected chi connectivity index (χ1v) is 9.03. The first-order chi connectivity index (χ1) is 13.5. The maximum absolute atomic E-state index is 12.6. The summed E-state index contributed by atoms with van der Waals surface area (Å²) in [5, 5.41) is 12.1. The van der Waals surface area contributed by atoms with Crippen molar-refractivity contribution < 1.29 is 9.72 Å². The number of nitro groups is 1. The molecule has 8 heteroatoms. The van der Waals surface area contributed by atoms with E-state index in [1.54, 1.807) is 30.6 Å². The van der Waals surface area contributed by atoms with Crippen molar-refractivity contribution in [2.24, 2.45) is 0 Å². The SMILES string of the molecule is Cc1cc(N2CCN(C(=O)c3cccnc3)CC2)c2cccc([N+](=O)[O-])c2n1. The summed E-state index contributed by atoms with van der Waals surface area (Å²) < 4.78 is 0. The maximum atomic E-state index is 12.6. The molecule has 1 aromatic carbocycles. The number of benzene rings is 1. The summed E-state index contributed by atoms with van der Waals surface area (Å²) in [5.74, 6) is -0.0286. The standard InChI is InChI=1S/C20H19N5O3/c1-14-12-18(16-5-2-6-17(25(27)28)19(16)22-14)23-8-10-24(11-9-23)20(26)15-4-3-7-21-13-15/h2-7,12-13H,8-11H2,1H3. The highest BCUT2D eigenvalue weighted by Gasteiger charge is 2.25. The van der Waals surface area contributed by atoms with Gasteiger partial charge in [0.15, 0.2) is 5.52 Å². The summed E-state index contributed by atoms with van der Waals surface area (Å²) in [6.45, 7) is 4.28. The Morgan fingerprint density at radius 1 is 1.14 bits per heavy atom. The Morgan fingerprint density at radius 3 is 2.61 bits per heavy atom. The first kappa shape index (κ1) is 17.8. The fourth-order valence-corrected chi connectivity index (χ4v) is 3.57. The van der Waals surface area contributed by atoms with Gasteiger partial charge < -0.3 is 9.80 Å². The summed E-state index contributed by atoms with van der Waals surface area (Å²) in [6.07, 6.45) is 3.22. The van der Waals surface area contributed by atoms with Gasteiger partial charge >= 0.3 is 0 Å². The Kier molecular flexibility index (Phi) is 4.60. The number of hydrogen-bond donors (Lipinski definition) is 0. The van der Waals surface area contributed by atoms with Crippen LogP contribution in [0.15, 0.2) is 48.8 Å². The number of hydrogen-bond acceptors (Lipinski definition) is 6. The van der Waals surface area contributed by atoms with Gasteiger partial charge in [-0.25, -0.2) is 4.98 Å². The third-order valence-electron chi connectivity index (χ3n) is 4.94. The monoisotopic (exact) mass is 377 g/mol. The second kappa shape index (κ2) is 7.22. The number of aromatic nitrogens is 2. The van der Waals surface area contributed by atoms with Crippen LogP contribution in [0.3, 0.4) is 0 Å². The molecule has 0 spiro atoms. The van der Waals surface area contributed by atoms with E-state index in [9.17, 15) is 14.9 Å². The van der Waals surface area contributed by atoms with Crippen LogP contribution in [0.2, 0.25) is 0 Å². The van der Waals surface area contributed by atoms with Crippen LogP contribution < -0.4 is 4.90 Å². The lowest BCUT2D eigenvalue weighted by molar-refractivity contribution is -0.383. The van der Waals surface area contributed by atoms with Crippen molar-refractivity contribution in [3.63, 3.8) is 0 Å². The van der Waals surface area contributed by atoms with Crippen molar-refractivity contribution >= 4 is 28.2 Å². The molecule has 1 aliphatic rings. The fraction of sp³-hybridized carbons (Fsp3) is 0.250. The third kappa shape index (κ3) is 3.24. The van der Waals surface area contributed by atoms with Gasteiger partial charge in [-0.3, -0.25) is 19.9 Å². The van der Waals surface area contributed by atoms with Crippen LogP contribution >= 0.6 is 0 Å². The summed E-state index contributed by atoms with van der Waals surface area (Å²) in [7, 11) is 0. The third-order valence-corrected chi connectivity index (χ3v) is 4.94. The minimum absolute atomic E-state index is 0.00726. The zero-order chi connectivity index (χ0) is 19.7. The van der Waals surface area contributed by atoms with E-state index >= 15 is 0 Å². The predicted molar refractivity (Wildman–Crippen MR) is 105 cm³/mol. The fourth-order valence-electron chi connectivity index (χ4n) is 3.57. The smallest absolute Gasteiger partial charge is 0.295 e. The van der Waals surface area contributed by atoms with Crippen LogP contribution in [0.1, 0.15) is 16.1 Å². The number of para-hydroxylation sites is 1. The van der Waals surface area contributed by atoms with Gasteiger partial charge in [0.2, 0.25) is 0 Å². The van der Waals surface area contributed by atoms with Gasteiger partial charge in [-0.15, -0.1) is 0 Å². The number of nitro benzene ring substituents is 1. The Balaban J connectivity index is 1.60. The molecule has 3 aromatic rings. The number of amides is 1. The van der Waals surface area contributed by atoms with E-state index in [0.717, 1.165) is 16.8 Å². The number of rotatable bonds is 3.